The number of benzene rings is 2. The summed E-state index contributed by atoms with van der Waals surface area (Å²) in [5.74, 6) is 0.913. The summed E-state index contributed by atoms with van der Waals surface area (Å²) in [6, 6.07) is 16.9. The van der Waals surface area contributed by atoms with Crippen molar-refractivity contribution in [1.82, 2.24) is 25.3 Å². The third-order valence-electron chi connectivity index (χ3n) is 9.68. The molecule has 2 N–H and O–H groups in total. The van der Waals surface area contributed by atoms with Crippen LogP contribution in [0.5, 0.6) is 5.75 Å². The molecule has 9 nitrogen and oxygen atoms in total. The zero-order chi connectivity index (χ0) is 31.2. The number of piperidine rings is 1. The number of aromatic nitrogens is 2. The standard InChI is InChI=1S/C36H48N6O3/c1-36(2,35(44)40-20-17-37-18-21-40)45-33-12-6-11-32(22-33)41-19-7-8-29(26-41)34(43)42(31-9-4-3-5-10-31)25-27-13-15-28(16-14-27)30-23-38-39-24-30/h6,11-16,22-24,29,31,37H,3-5,7-10,17-21,25-26H2,1-2H3,(H,38,39)/t29-/m0/s1. The van der Waals surface area contributed by atoms with E-state index in [4.69, 9.17) is 4.74 Å². The lowest BCUT2D eigenvalue weighted by atomic mass is 9.90. The molecule has 2 aromatic carbocycles. The average molecular weight is 613 g/mol. The van der Waals surface area contributed by atoms with Crippen molar-refractivity contribution in [2.45, 2.75) is 77.0 Å². The number of amides is 2. The fourth-order valence-corrected chi connectivity index (χ4v) is 7.17. The van der Waals surface area contributed by atoms with Crippen molar-refractivity contribution in [3.63, 3.8) is 0 Å². The molecule has 45 heavy (non-hydrogen) atoms. The molecule has 9 heteroatoms. The van der Waals surface area contributed by atoms with Crippen molar-refractivity contribution in [1.29, 1.82) is 0 Å². The minimum Gasteiger partial charge on any atom is -0.478 e. The fourth-order valence-electron chi connectivity index (χ4n) is 7.17. The molecular weight excluding hydrogens is 564 g/mol. The molecule has 240 valence electrons. The number of nitrogens with zero attached hydrogens (tertiary/aromatic N) is 4. The summed E-state index contributed by atoms with van der Waals surface area (Å²) >= 11 is 0. The van der Waals surface area contributed by atoms with Gasteiger partial charge in [0.05, 0.1) is 12.1 Å². The highest BCUT2D eigenvalue weighted by molar-refractivity contribution is 5.85. The Hall–Kier alpha value is -3.85. The lowest BCUT2D eigenvalue weighted by Crippen LogP contribution is -2.54. The lowest BCUT2D eigenvalue weighted by molar-refractivity contribution is -0.146. The van der Waals surface area contributed by atoms with Gasteiger partial charge in [0.25, 0.3) is 5.91 Å². The minimum atomic E-state index is -0.965. The number of ether oxygens (including phenoxy) is 1. The molecule has 0 unspecified atom stereocenters. The van der Waals surface area contributed by atoms with Crippen molar-refractivity contribution in [2.75, 3.05) is 44.2 Å². The van der Waals surface area contributed by atoms with E-state index in [1.165, 1.54) is 19.3 Å². The van der Waals surface area contributed by atoms with E-state index in [0.717, 1.165) is 67.7 Å². The largest absolute Gasteiger partial charge is 0.478 e. The van der Waals surface area contributed by atoms with Gasteiger partial charge in [0, 0.05) is 75.4 Å². The van der Waals surface area contributed by atoms with E-state index < -0.39 is 5.60 Å². The first-order valence-corrected chi connectivity index (χ1v) is 16.8. The van der Waals surface area contributed by atoms with Gasteiger partial charge in [-0.05, 0) is 62.8 Å². The van der Waals surface area contributed by atoms with Crippen molar-refractivity contribution < 1.29 is 14.3 Å². The highest BCUT2D eigenvalue weighted by Gasteiger charge is 2.36. The van der Waals surface area contributed by atoms with E-state index in [9.17, 15) is 9.59 Å². The SMILES string of the molecule is CC(C)(Oc1cccc(N2CCC[C@H](C(=O)N(Cc3ccc(-c4cn[nH]c4)cc3)C3CCCCC3)C2)c1)C(=O)N1CCNCC1. The number of rotatable bonds is 9. The van der Waals surface area contributed by atoms with Crippen molar-refractivity contribution in [3.05, 3.63) is 66.5 Å². The Kier molecular flexibility index (Phi) is 9.73. The first-order chi connectivity index (χ1) is 21.9. The molecular formula is C36H48N6O3. The molecule has 0 bridgehead atoms. The number of aromatic amines is 1. The van der Waals surface area contributed by atoms with Gasteiger partial charge in [-0.2, -0.15) is 5.10 Å². The molecule has 3 aliphatic rings. The van der Waals surface area contributed by atoms with Crippen LogP contribution in [0.1, 0.15) is 64.4 Å². The molecule has 2 amide bonds. The van der Waals surface area contributed by atoms with Gasteiger partial charge in [-0.15, -0.1) is 0 Å². The van der Waals surface area contributed by atoms with Crippen LogP contribution in [0, 0.1) is 5.92 Å². The third kappa shape index (κ3) is 7.52. The van der Waals surface area contributed by atoms with E-state index >= 15 is 0 Å². The van der Waals surface area contributed by atoms with E-state index in [1.54, 1.807) is 0 Å². The monoisotopic (exact) mass is 612 g/mol. The Bertz CT molecular complexity index is 1410. The van der Waals surface area contributed by atoms with Gasteiger partial charge in [0.1, 0.15) is 5.75 Å². The minimum absolute atomic E-state index is 0.0111. The van der Waals surface area contributed by atoms with Crippen LogP contribution in [-0.2, 0) is 16.1 Å². The summed E-state index contributed by atoms with van der Waals surface area (Å²) < 4.78 is 6.32. The van der Waals surface area contributed by atoms with E-state index in [2.05, 4.69) is 55.6 Å². The molecule has 2 aliphatic heterocycles. The van der Waals surface area contributed by atoms with Gasteiger partial charge in [0.15, 0.2) is 5.60 Å². The second kappa shape index (κ2) is 14.1. The van der Waals surface area contributed by atoms with Crippen LogP contribution >= 0.6 is 0 Å². The topological polar surface area (TPSA) is 93.8 Å². The lowest BCUT2D eigenvalue weighted by Gasteiger charge is -2.40. The van der Waals surface area contributed by atoms with Crippen LogP contribution in [0.2, 0.25) is 0 Å². The van der Waals surface area contributed by atoms with Crippen LogP contribution in [0.25, 0.3) is 11.1 Å². The van der Waals surface area contributed by atoms with E-state index in [1.807, 2.05) is 49.3 Å². The van der Waals surface area contributed by atoms with E-state index in [-0.39, 0.29) is 17.7 Å². The maximum Gasteiger partial charge on any atom is 0.266 e. The van der Waals surface area contributed by atoms with Crippen LogP contribution in [0.3, 0.4) is 0 Å². The van der Waals surface area contributed by atoms with Gasteiger partial charge in [-0.25, -0.2) is 0 Å². The maximum absolute atomic E-state index is 14.3. The Morgan fingerprint density at radius 2 is 1.73 bits per heavy atom. The quantitative estimate of drug-likeness (QED) is 0.343. The van der Waals surface area contributed by atoms with Crippen molar-refractivity contribution in [3.8, 4) is 16.9 Å². The number of anilines is 1. The fraction of sp³-hybridized carbons (Fsp3) is 0.528. The van der Waals surface area contributed by atoms with Gasteiger partial charge in [-0.1, -0.05) is 49.6 Å². The number of carbonyl (C=O) groups excluding carboxylic acids is 2. The first-order valence-electron chi connectivity index (χ1n) is 16.8. The predicted octanol–water partition coefficient (Wildman–Crippen LogP) is 5.24. The molecule has 2 saturated heterocycles. The molecule has 1 atom stereocenters. The zero-order valence-corrected chi connectivity index (χ0v) is 26.8. The number of hydrogen-bond donors (Lipinski definition) is 2. The Morgan fingerprint density at radius 3 is 2.47 bits per heavy atom. The summed E-state index contributed by atoms with van der Waals surface area (Å²) in [4.78, 5) is 34.0. The number of carbonyl (C=O) groups is 2. The average Bonchev–Trinajstić information content (AvgIpc) is 3.63. The number of nitrogens with one attached hydrogen (secondary N) is 2. The predicted molar refractivity (Wildman–Crippen MR) is 177 cm³/mol. The van der Waals surface area contributed by atoms with Crippen LogP contribution < -0.4 is 15.0 Å². The summed E-state index contributed by atoms with van der Waals surface area (Å²) in [6.07, 6.45) is 11.4. The van der Waals surface area contributed by atoms with Crippen LogP contribution in [0.15, 0.2) is 60.9 Å². The van der Waals surface area contributed by atoms with Gasteiger partial charge in [0.2, 0.25) is 5.91 Å². The van der Waals surface area contributed by atoms with Crippen molar-refractivity contribution in [2.24, 2.45) is 5.92 Å². The Balaban J connectivity index is 1.14. The third-order valence-corrected chi connectivity index (χ3v) is 9.68. The molecule has 3 aromatic rings. The maximum atomic E-state index is 14.3. The van der Waals surface area contributed by atoms with Crippen LogP contribution in [0.4, 0.5) is 5.69 Å². The Labute approximate surface area is 267 Å². The Morgan fingerprint density at radius 1 is 0.956 bits per heavy atom. The summed E-state index contributed by atoms with van der Waals surface area (Å²) in [6.45, 7) is 8.95. The highest BCUT2D eigenvalue weighted by atomic mass is 16.5. The number of piperazine rings is 1. The molecule has 1 saturated carbocycles. The second-order valence-corrected chi connectivity index (χ2v) is 13.4. The van der Waals surface area contributed by atoms with Gasteiger partial charge < -0.3 is 24.8 Å². The molecule has 1 aliphatic carbocycles. The molecule has 3 heterocycles. The molecule has 6 rings (SSSR count). The van der Waals surface area contributed by atoms with Crippen LogP contribution in [-0.4, -0.2) is 82.7 Å². The van der Waals surface area contributed by atoms with Crippen molar-refractivity contribution >= 4 is 17.5 Å². The van der Waals surface area contributed by atoms with E-state index in [0.29, 0.717) is 38.0 Å². The van der Waals surface area contributed by atoms with Gasteiger partial charge in [-0.3, -0.25) is 14.7 Å². The molecule has 0 spiro atoms. The molecule has 1 aromatic heterocycles. The second-order valence-electron chi connectivity index (χ2n) is 13.4. The number of H-pyrrole nitrogens is 1. The summed E-state index contributed by atoms with van der Waals surface area (Å²) in [7, 11) is 0. The smallest absolute Gasteiger partial charge is 0.266 e. The molecule has 3 fully saturated rings. The number of hydrogen-bond acceptors (Lipinski definition) is 6. The highest BCUT2D eigenvalue weighted by Crippen LogP contribution is 2.32. The summed E-state index contributed by atoms with van der Waals surface area (Å²) in [5.41, 5.74) is 3.42. The van der Waals surface area contributed by atoms with Gasteiger partial charge >= 0.3 is 0 Å². The normalized spacial score (nSPS) is 19.7. The summed E-state index contributed by atoms with van der Waals surface area (Å²) in [5, 5.41) is 10.3. The zero-order valence-electron chi connectivity index (χ0n) is 26.8. The molecule has 0 radical (unpaired) electrons. The first kappa shape index (κ1) is 31.1.